The molecule has 1 saturated heterocycles. The standard InChI is InChI=1S/C20H21BrClN3O3/c1-13(23-20(27)14-5-7-15(21)8-6-14)19(26)24-17-4-2-3-16(22)18(17)25-9-11-28-12-10-25/h2-8,13H,9-12H2,1H3,(H,23,27)(H,24,26). The molecule has 3 rings (SSSR count). The highest BCUT2D eigenvalue weighted by atomic mass is 79.9. The van der Waals surface area contributed by atoms with Gasteiger partial charge in [-0.3, -0.25) is 9.59 Å². The van der Waals surface area contributed by atoms with Crippen LogP contribution in [0.2, 0.25) is 5.02 Å². The second-order valence-corrected chi connectivity index (χ2v) is 7.75. The van der Waals surface area contributed by atoms with Crippen LogP contribution in [0, 0.1) is 0 Å². The molecule has 2 amide bonds. The number of amides is 2. The molecule has 0 spiro atoms. The van der Waals surface area contributed by atoms with Crippen LogP contribution < -0.4 is 15.5 Å². The van der Waals surface area contributed by atoms with Gasteiger partial charge in [0.1, 0.15) is 6.04 Å². The predicted molar refractivity (Wildman–Crippen MR) is 114 cm³/mol. The minimum Gasteiger partial charge on any atom is -0.378 e. The molecule has 0 aliphatic carbocycles. The van der Waals surface area contributed by atoms with E-state index in [0.29, 0.717) is 42.6 Å². The summed E-state index contributed by atoms with van der Waals surface area (Å²) in [6, 6.07) is 11.6. The molecule has 2 aromatic carbocycles. The van der Waals surface area contributed by atoms with Crippen molar-refractivity contribution in [1.82, 2.24) is 5.32 Å². The molecule has 148 valence electrons. The van der Waals surface area contributed by atoms with Gasteiger partial charge in [-0.15, -0.1) is 0 Å². The molecular weight excluding hydrogens is 446 g/mol. The van der Waals surface area contributed by atoms with Gasteiger partial charge in [0.05, 0.1) is 29.6 Å². The van der Waals surface area contributed by atoms with Gasteiger partial charge in [-0.25, -0.2) is 0 Å². The van der Waals surface area contributed by atoms with Crippen molar-refractivity contribution in [3.05, 3.63) is 57.5 Å². The summed E-state index contributed by atoms with van der Waals surface area (Å²) in [5.74, 6) is -0.628. The smallest absolute Gasteiger partial charge is 0.251 e. The van der Waals surface area contributed by atoms with Crippen LogP contribution in [0.4, 0.5) is 11.4 Å². The first-order valence-corrected chi connectivity index (χ1v) is 10.1. The molecule has 0 aromatic heterocycles. The highest BCUT2D eigenvalue weighted by Gasteiger charge is 2.22. The van der Waals surface area contributed by atoms with Crippen LogP contribution in [0.15, 0.2) is 46.9 Å². The fourth-order valence-corrected chi connectivity index (χ4v) is 3.47. The number of carbonyl (C=O) groups excluding carboxylic acids is 2. The van der Waals surface area contributed by atoms with Gasteiger partial charge in [-0.2, -0.15) is 0 Å². The summed E-state index contributed by atoms with van der Waals surface area (Å²) in [5, 5.41) is 6.16. The van der Waals surface area contributed by atoms with Crippen molar-refractivity contribution in [2.45, 2.75) is 13.0 Å². The van der Waals surface area contributed by atoms with Crippen LogP contribution in [-0.4, -0.2) is 44.2 Å². The van der Waals surface area contributed by atoms with E-state index in [2.05, 4.69) is 31.5 Å². The van der Waals surface area contributed by atoms with E-state index in [1.54, 1.807) is 49.4 Å². The Kier molecular flexibility index (Phi) is 6.93. The second kappa shape index (κ2) is 9.41. The Bertz CT molecular complexity index is 854. The van der Waals surface area contributed by atoms with E-state index < -0.39 is 6.04 Å². The molecule has 2 N–H and O–H groups in total. The van der Waals surface area contributed by atoms with Crippen molar-refractivity contribution in [3.8, 4) is 0 Å². The van der Waals surface area contributed by atoms with Crippen LogP contribution in [0.1, 0.15) is 17.3 Å². The molecule has 6 nitrogen and oxygen atoms in total. The number of ether oxygens (including phenoxy) is 1. The molecule has 2 aromatic rings. The van der Waals surface area contributed by atoms with Crippen molar-refractivity contribution in [3.63, 3.8) is 0 Å². The average molecular weight is 467 g/mol. The fourth-order valence-electron chi connectivity index (χ4n) is 2.91. The van der Waals surface area contributed by atoms with Crippen LogP contribution in [-0.2, 0) is 9.53 Å². The summed E-state index contributed by atoms with van der Waals surface area (Å²) in [5.41, 5.74) is 1.87. The van der Waals surface area contributed by atoms with Crippen molar-refractivity contribution in [1.29, 1.82) is 0 Å². The van der Waals surface area contributed by atoms with Gasteiger partial charge in [-0.05, 0) is 43.3 Å². The van der Waals surface area contributed by atoms with Gasteiger partial charge in [-0.1, -0.05) is 33.6 Å². The third-order valence-corrected chi connectivity index (χ3v) is 5.25. The number of hydrogen-bond donors (Lipinski definition) is 2. The largest absolute Gasteiger partial charge is 0.378 e. The third-order valence-electron chi connectivity index (χ3n) is 4.42. The van der Waals surface area contributed by atoms with Crippen molar-refractivity contribution in [2.24, 2.45) is 0 Å². The van der Waals surface area contributed by atoms with E-state index in [1.165, 1.54) is 0 Å². The maximum Gasteiger partial charge on any atom is 0.251 e. The number of anilines is 2. The monoisotopic (exact) mass is 465 g/mol. The molecule has 0 radical (unpaired) electrons. The Morgan fingerprint density at radius 1 is 1.14 bits per heavy atom. The molecule has 1 aliphatic rings. The zero-order chi connectivity index (χ0) is 20.1. The first-order chi connectivity index (χ1) is 13.5. The highest BCUT2D eigenvalue weighted by molar-refractivity contribution is 9.10. The maximum absolute atomic E-state index is 12.7. The number of benzene rings is 2. The van der Waals surface area contributed by atoms with Crippen molar-refractivity contribution >= 4 is 50.7 Å². The van der Waals surface area contributed by atoms with Crippen LogP contribution in [0.5, 0.6) is 0 Å². The fraction of sp³-hybridized carbons (Fsp3) is 0.300. The first-order valence-electron chi connectivity index (χ1n) is 8.94. The minimum absolute atomic E-state index is 0.311. The van der Waals surface area contributed by atoms with E-state index in [-0.39, 0.29) is 11.8 Å². The lowest BCUT2D eigenvalue weighted by molar-refractivity contribution is -0.117. The lowest BCUT2D eigenvalue weighted by Gasteiger charge is -2.31. The SMILES string of the molecule is CC(NC(=O)c1ccc(Br)cc1)C(=O)Nc1cccc(Cl)c1N1CCOCC1. The van der Waals surface area contributed by atoms with Crippen molar-refractivity contribution in [2.75, 3.05) is 36.5 Å². The van der Waals surface area contributed by atoms with Gasteiger partial charge in [0.2, 0.25) is 5.91 Å². The second-order valence-electron chi connectivity index (χ2n) is 6.43. The van der Waals surface area contributed by atoms with Gasteiger partial charge in [0, 0.05) is 23.1 Å². The molecule has 0 saturated carbocycles. The summed E-state index contributed by atoms with van der Waals surface area (Å²) in [7, 11) is 0. The normalized spacial score (nSPS) is 15.0. The summed E-state index contributed by atoms with van der Waals surface area (Å²) >= 11 is 9.73. The number of morpholine rings is 1. The Morgan fingerprint density at radius 3 is 2.50 bits per heavy atom. The zero-order valence-corrected chi connectivity index (χ0v) is 17.7. The predicted octanol–water partition coefficient (Wildman–Crippen LogP) is 3.70. The molecule has 1 atom stereocenters. The lowest BCUT2D eigenvalue weighted by Crippen LogP contribution is -2.42. The first kappa shape index (κ1) is 20.6. The number of halogens is 2. The molecule has 1 fully saturated rings. The molecule has 1 heterocycles. The zero-order valence-electron chi connectivity index (χ0n) is 15.4. The number of carbonyl (C=O) groups is 2. The third kappa shape index (κ3) is 5.04. The summed E-state index contributed by atoms with van der Waals surface area (Å²) in [4.78, 5) is 27.1. The number of nitrogens with one attached hydrogen (secondary N) is 2. The molecule has 0 bridgehead atoms. The Hall–Kier alpha value is -2.09. The number of nitrogens with zero attached hydrogens (tertiary/aromatic N) is 1. The van der Waals surface area contributed by atoms with Crippen molar-refractivity contribution < 1.29 is 14.3 Å². The lowest BCUT2D eigenvalue weighted by atomic mass is 10.2. The van der Waals surface area contributed by atoms with Crippen LogP contribution >= 0.6 is 27.5 Å². The molecule has 28 heavy (non-hydrogen) atoms. The van der Waals surface area contributed by atoms with Gasteiger partial charge >= 0.3 is 0 Å². The Morgan fingerprint density at radius 2 is 1.82 bits per heavy atom. The quantitative estimate of drug-likeness (QED) is 0.705. The molecule has 8 heteroatoms. The van der Waals surface area contributed by atoms with Crippen LogP contribution in [0.3, 0.4) is 0 Å². The van der Waals surface area contributed by atoms with E-state index in [0.717, 1.165) is 10.2 Å². The molecule has 1 aliphatic heterocycles. The van der Waals surface area contributed by atoms with E-state index in [1.807, 2.05) is 0 Å². The topological polar surface area (TPSA) is 70.7 Å². The average Bonchev–Trinajstić information content (AvgIpc) is 2.69. The minimum atomic E-state index is -0.715. The van der Waals surface area contributed by atoms with E-state index in [9.17, 15) is 9.59 Å². The number of para-hydroxylation sites is 1. The van der Waals surface area contributed by atoms with E-state index >= 15 is 0 Å². The van der Waals surface area contributed by atoms with Gasteiger partial charge < -0.3 is 20.3 Å². The number of hydrogen-bond acceptors (Lipinski definition) is 4. The summed E-state index contributed by atoms with van der Waals surface area (Å²) < 4.78 is 6.27. The van der Waals surface area contributed by atoms with Gasteiger partial charge in [0.25, 0.3) is 5.91 Å². The molecular formula is C20H21BrClN3O3. The maximum atomic E-state index is 12.7. The van der Waals surface area contributed by atoms with Gasteiger partial charge in [0.15, 0.2) is 0 Å². The Balaban J connectivity index is 1.69. The summed E-state index contributed by atoms with van der Waals surface area (Å²) in [6.07, 6.45) is 0. The molecule has 1 unspecified atom stereocenters. The highest BCUT2D eigenvalue weighted by Crippen LogP contribution is 2.34. The number of rotatable bonds is 5. The van der Waals surface area contributed by atoms with E-state index in [4.69, 9.17) is 16.3 Å². The van der Waals surface area contributed by atoms with Crippen LogP contribution in [0.25, 0.3) is 0 Å². The Labute approximate surface area is 177 Å². The summed E-state index contributed by atoms with van der Waals surface area (Å²) in [6.45, 7) is 4.26.